The monoisotopic (exact) mass is 390 g/mol. The molecule has 142 valence electrons. The molecule has 1 saturated heterocycles. The van der Waals surface area contributed by atoms with E-state index in [0.717, 1.165) is 0 Å². The lowest BCUT2D eigenvalue weighted by molar-refractivity contribution is -0.205. The van der Waals surface area contributed by atoms with Crippen molar-refractivity contribution in [3.63, 3.8) is 0 Å². The quantitative estimate of drug-likeness (QED) is 0.106. The van der Waals surface area contributed by atoms with E-state index in [1.807, 2.05) is 0 Å². The second-order valence-corrected chi connectivity index (χ2v) is 7.91. The average Bonchev–Trinajstić information content (AvgIpc) is 2.43. The van der Waals surface area contributed by atoms with Gasteiger partial charge in [0.05, 0.1) is 12.2 Å². The normalized spacial score (nSPS) is 32.7. The van der Waals surface area contributed by atoms with Crippen LogP contribution in [0.25, 0.3) is 0 Å². The molecule has 0 bridgehead atoms. The molecule has 1 aliphatic rings. The molecule has 0 unspecified atom stereocenters. The fourth-order valence-electron chi connectivity index (χ4n) is 1.85. The molecule has 13 heteroatoms. The highest BCUT2D eigenvalue weighted by Crippen LogP contribution is 2.31. The zero-order valence-corrected chi connectivity index (χ0v) is 14.5. The van der Waals surface area contributed by atoms with Crippen molar-refractivity contribution in [2.24, 2.45) is 5.16 Å². The van der Waals surface area contributed by atoms with Gasteiger partial charge in [-0.2, -0.15) is 8.42 Å². The topological polar surface area (TPSA) is 189 Å². The zero-order valence-electron chi connectivity index (χ0n) is 12.8. The Labute approximate surface area is 142 Å². The standard InChI is InChI=1S/C11H21NO10S2/c1-11(2,17)3-6(12-22-24(18,19)20)23-10-9(16)8(15)7(14)5(4-13)21-10/h5,7-10,13-17H,3-4H2,1-2H3,(H,18,19,20)/p-1/t5-,7+,8+,9-,10+/m1/s1. The summed E-state index contributed by atoms with van der Waals surface area (Å²) < 4.78 is 40.5. The van der Waals surface area contributed by atoms with Gasteiger partial charge in [0, 0.05) is 6.42 Å². The molecule has 0 radical (unpaired) electrons. The van der Waals surface area contributed by atoms with Crippen molar-refractivity contribution < 1.29 is 47.5 Å². The summed E-state index contributed by atoms with van der Waals surface area (Å²) in [6.45, 7) is 2.11. The minimum atomic E-state index is -5.13. The number of thioether (sulfide) groups is 1. The maximum Gasteiger partial charge on any atom is 0.284 e. The van der Waals surface area contributed by atoms with Gasteiger partial charge in [0.25, 0.3) is 10.4 Å². The molecular weight excluding hydrogens is 370 g/mol. The Morgan fingerprint density at radius 1 is 1.29 bits per heavy atom. The van der Waals surface area contributed by atoms with Gasteiger partial charge < -0.3 is 34.8 Å². The van der Waals surface area contributed by atoms with E-state index in [9.17, 15) is 33.4 Å². The second kappa shape index (κ2) is 8.25. The SMILES string of the molecule is CC(C)(O)CC(=NOS(=O)(=O)[O-])S[C@@H]1O[C@H](CO)[C@H](O)[C@H](O)[C@H]1O. The molecular formula is C11H20NO10S2-. The summed E-state index contributed by atoms with van der Waals surface area (Å²) in [6.07, 6.45) is -6.24. The van der Waals surface area contributed by atoms with Crippen molar-refractivity contribution in [3.05, 3.63) is 0 Å². The lowest BCUT2D eigenvalue weighted by Crippen LogP contribution is -2.57. The van der Waals surface area contributed by atoms with Crippen LogP contribution in [0.4, 0.5) is 0 Å². The number of hydrogen-bond acceptors (Lipinski definition) is 12. The second-order valence-electron chi connectivity index (χ2n) is 5.77. The first-order valence-electron chi connectivity index (χ1n) is 6.75. The Balaban J connectivity index is 2.95. The summed E-state index contributed by atoms with van der Waals surface area (Å²) in [5.41, 5.74) is -2.63. The van der Waals surface area contributed by atoms with Crippen LogP contribution in [0, 0.1) is 0 Å². The van der Waals surface area contributed by atoms with Gasteiger partial charge >= 0.3 is 0 Å². The van der Waals surface area contributed by atoms with Crippen LogP contribution in [-0.4, -0.2) is 85.6 Å². The Hall–Kier alpha value is -0.510. The van der Waals surface area contributed by atoms with Crippen molar-refractivity contribution in [3.8, 4) is 0 Å². The first-order valence-corrected chi connectivity index (χ1v) is 8.96. The molecule has 5 atom stereocenters. The van der Waals surface area contributed by atoms with Gasteiger partial charge in [0.15, 0.2) is 0 Å². The van der Waals surface area contributed by atoms with Crippen molar-refractivity contribution in [2.75, 3.05) is 6.61 Å². The zero-order chi connectivity index (χ0) is 18.7. The lowest BCUT2D eigenvalue weighted by atomic mass is 10.0. The fraction of sp³-hybridized carbons (Fsp3) is 0.909. The molecule has 1 fully saturated rings. The van der Waals surface area contributed by atoms with E-state index in [0.29, 0.717) is 11.8 Å². The van der Waals surface area contributed by atoms with E-state index in [2.05, 4.69) is 9.44 Å². The van der Waals surface area contributed by atoms with E-state index in [1.54, 1.807) is 0 Å². The molecule has 0 spiro atoms. The molecule has 0 aromatic heterocycles. The highest BCUT2D eigenvalue weighted by atomic mass is 32.3. The predicted molar refractivity (Wildman–Crippen MR) is 80.5 cm³/mol. The lowest BCUT2D eigenvalue weighted by Gasteiger charge is -2.39. The van der Waals surface area contributed by atoms with E-state index < -0.39 is 52.5 Å². The number of hydrogen-bond donors (Lipinski definition) is 5. The van der Waals surface area contributed by atoms with Gasteiger partial charge in [-0.3, -0.25) is 4.28 Å². The van der Waals surface area contributed by atoms with Crippen LogP contribution in [0.15, 0.2) is 5.16 Å². The van der Waals surface area contributed by atoms with Crippen LogP contribution in [0.5, 0.6) is 0 Å². The number of nitrogens with zero attached hydrogens (tertiary/aromatic N) is 1. The van der Waals surface area contributed by atoms with Gasteiger partial charge in [-0.25, -0.2) is 0 Å². The van der Waals surface area contributed by atoms with Crippen LogP contribution in [-0.2, 0) is 19.4 Å². The van der Waals surface area contributed by atoms with Crippen LogP contribution < -0.4 is 0 Å². The number of rotatable bonds is 6. The van der Waals surface area contributed by atoms with Gasteiger partial charge in [0.2, 0.25) is 0 Å². The first kappa shape index (κ1) is 21.5. The smallest absolute Gasteiger partial charge is 0.284 e. The van der Waals surface area contributed by atoms with Gasteiger partial charge in [-0.15, -0.1) is 0 Å². The van der Waals surface area contributed by atoms with E-state index in [4.69, 9.17) is 9.84 Å². The molecule has 1 aliphatic heterocycles. The van der Waals surface area contributed by atoms with E-state index in [1.165, 1.54) is 13.8 Å². The predicted octanol–water partition coefficient (Wildman–Crippen LogP) is -2.53. The summed E-state index contributed by atoms with van der Waals surface area (Å²) in [4.78, 5) is 0. The third-order valence-corrected chi connectivity index (χ3v) is 4.29. The molecule has 11 nitrogen and oxygen atoms in total. The van der Waals surface area contributed by atoms with Crippen molar-refractivity contribution in [2.45, 2.75) is 55.7 Å². The first-order chi connectivity index (χ1) is 10.8. The van der Waals surface area contributed by atoms with Crippen LogP contribution >= 0.6 is 11.8 Å². The van der Waals surface area contributed by atoms with Crippen LogP contribution in [0.3, 0.4) is 0 Å². The van der Waals surface area contributed by atoms with Gasteiger partial charge in [-0.05, 0) is 13.8 Å². The minimum absolute atomic E-state index is 0.216. The van der Waals surface area contributed by atoms with Crippen molar-refractivity contribution >= 4 is 27.2 Å². The Morgan fingerprint density at radius 2 is 1.88 bits per heavy atom. The maximum absolute atomic E-state index is 10.5. The molecule has 1 heterocycles. The van der Waals surface area contributed by atoms with Crippen molar-refractivity contribution in [1.29, 1.82) is 0 Å². The summed E-state index contributed by atoms with van der Waals surface area (Å²) in [5, 5.41) is 51.1. The summed E-state index contributed by atoms with van der Waals surface area (Å²) in [5.74, 6) is 0. The Kier molecular flexibility index (Phi) is 7.40. The third-order valence-electron chi connectivity index (χ3n) is 2.91. The molecule has 1 rings (SSSR count). The molecule has 5 N–H and O–H groups in total. The number of aliphatic hydroxyl groups excluding tert-OH is 4. The summed E-state index contributed by atoms with van der Waals surface area (Å²) >= 11 is 0.573. The molecule has 0 amide bonds. The van der Waals surface area contributed by atoms with Gasteiger partial charge in [-0.1, -0.05) is 16.9 Å². The van der Waals surface area contributed by atoms with Gasteiger partial charge in [0.1, 0.15) is 34.9 Å². The Bertz CT molecular complexity index is 543. The van der Waals surface area contributed by atoms with Crippen LogP contribution in [0.1, 0.15) is 20.3 Å². The highest BCUT2D eigenvalue weighted by Gasteiger charge is 2.44. The minimum Gasteiger partial charge on any atom is -0.714 e. The highest BCUT2D eigenvalue weighted by molar-refractivity contribution is 8.14. The summed E-state index contributed by atoms with van der Waals surface area (Å²) in [6, 6.07) is 0. The number of aliphatic hydroxyl groups is 5. The largest absolute Gasteiger partial charge is 0.714 e. The van der Waals surface area contributed by atoms with Crippen molar-refractivity contribution in [1.82, 2.24) is 0 Å². The maximum atomic E-state index is 10.5. The number of ether oxygens (including phenoxy) is 1. The van der Waals surface area contributed by atoms with E-state index >= 15 is 0 Å². The molecule has 0 aromatic carbocycles. The number of oxime groups is 1. The van der Waals surface area contributed by atoms with Crippen LogP contribution in [0.2, 0.25) is 0 Å². The molecule has 24 heavy (non-hydrogen) atoms. The average molecular weight is 390 g/mol. The molecule has 0 aromatic rings. The molecule has 0 aliphatic carbocycles. The fourth-order valence-corrected chi connectivity index (χ4v) is 3.36. The third kappa shape index (κ3) is 6.78. The summed E-state index contributed by atoms with van der Waals surface area (Å²) in [7, 11) is -5.13. The molecule has 0 saturated carbocycles. The van der Waals surface area contributed by atoms with E-state index in [-0.39, 0.29) is 11.5 Å². The Morgan fingerprint density at radius 3 is 2.33 bits per heavy atom.